The van der Waals surface area contributed by atoms with Gasteiger partial charge in [-0.3, -0.25) is 67.5 Å². The lowest BCUT2D eigenvalue weighted by atomic mass is 10.0. The summed E-state index contributed by atoms with van der Waals surface area (Å²) in [6.07, 6.45) is 2.46. The number of primary amides is 1. The number of hydrogen-bond acceptors (Lipinski definition) is 16. The number of aromatic amines is 2. The molecule has 0 unspecified atom stereocenters. The Kier molecular flexibility index (Phi) is 29.4. The van der Waals surface area contributed by atoms with E-state index in [0.717, 1.165) is 11.8 Å². The van der Waals surface area contributed by atoms with Crippen LogP contribution in [0.1, 0.15) is 67.3 Å². The van der Waals surface area contributed by atoms with E-state index in [9.17, 15) is 53.1 Å². The van der Waals surface area contributed by atoms with Gasteiger partial charge in [0.2, 0.25) is 65.0 Å². The van der Waals surface area contributed by atoms with Gasteiger partial charge in [-0.05, 0) is 60.6 Å². The number of amides is 11. The number of aliphatic imine (C=N–C) groups is 2. The molecule has 0 aliphatic carbocycles. The number of nitrogens with one attached hydrogen (secondary N) is 12. The molecule has 3 aromatic carbocycles. The summed E-state index contributed by atoms with van der Waals surface area (Å²) < 4.78 is 0. The second-order valence-corrected chi connectivity index (χ2v) is 23.6. The van der Waals surface area contributed by atoms with Crippen LogP contribution in [0.3, 0.4) is 0 Å². The molecule has 23 N–H and O–H groups in total. The number of nitrogens with zero attached hydrogens (tertiary/aromatic N) is 3. The Morgan fingerprint density at radius 3 is 1.88 bits per heavy atom. The third kappa shape index (κ3) is 25.4. The minimum atomic E-state index is -1.97. The van der Waals surface area contributed by atoms with E-state index in [1.165, 1.54) is 12.5 Å². The zero-order chi connectivity index (χ0) is 69.5. The molecule has 33 nitrogen and oxygen atoms in total. The normalized spacial score (nSPS) is 18.7. The average molecular weight is 1350 g/mol. The van der Waals surface area contributed by atoms with Crippen LogP contribution in [0.25, 0.3) is 10.9 Å². The van der Waals surface area contributed by atoms with Gasteiger partial charge in [-0.25, -0.2) is 4.98 Å². The van der Waals surface area contributed by atoms with Crippen LogP contribution in [0, 0.1) is 0 Å². The van der Waals surface area contributed by atoms with Gasteiger partial charge in [-0.15, -0.1) is 0 Å². The highest BCUT2D eigenvalue weighted by molar-refractivity contribution is 7.99. The largest absolute Gasteiger partial charge is 0.481 e. The van der Waals surface area contributed by atoms with E-state index in [1.54, 1.807) is 91.1 Å². The van der Waals surface area contributed by atoms with Gasteiger partial charge in [0.25, 0.3) is 0 Å². The number of para-hydroxylation sites is 1. The van der Waals surface area contributed by atoms with Crippen LogP contribution in [0.4, 0.5) is 0 Å². The highest BCUT2D eigenvalue weighted by atomic mass is 32.2. The summed E-state index contributed by atoms with van der Waals surface area (Å²) in [5.41, 5.74) is 30.4. The minimum Gasteiger partial charge on any atom is -0.481 e. The van der Waals surface area contributed by atoms with Crippen LogP contribution in [0.15, 0.2) is 114 Å². The summed E-state index contributed by atoms with van der Waals surface area (Å²) >= 11 is 1.05. The fourth-order valence-electron chi connectivity index (χ4n) is 10.0. The highest BCUT2D eigenvalue weighted by Gasteiger charge is 2.36. The molecule has 0 radical (unpaired) electrons. The van der Waals surface area contributed by atoms with E-state index in [1.807, 2.05) is 0 Å². The van der Waals surface area contributed by atoms with Crippen molar-refractivity contribution in [2.24, 2.45) is 38.7 Å². The molecule has 0 saturated carbocycles. The van der Waals surface area contributed by atoms with E-state index >= 15 is 9.59 Å². The number of H-pyrrole nitrogens is 2. The van der Waals surface area contributed by atoms with Crippen LogP contribution >= 0.6 is 11.8 Å². The molecule has 6 rings (SSSR count). The first kappa shape index (κ1) is 74.0. The van der Waals surface area contributed by atoms with Crippen molar-refractivity contribution >= 4 is 106 Å². The summed E-state index contributed by atoms with van der Waals surface area (Å²) in [6, 6.07) is 11.8. The first-order valence-corrected chi connectivity index (χ1v) is 31.9. The third-order valence-electron chi connectivity index (χ3n) is 14.9. The fourth-order valence-corrected chi connectivity index (χ4v) is 11.0. The van der Waals surface area contributed by atoms with Gasteiger partial charge in [-0.1, -0.05) is 78.9 Å². The molecule has 1 aliphatic heterocycles. The van der Waals surface area contributed by atoms with E-state index in [0.29, 0.717) is 33.3 Å². The Bertz CT molecular complexity index is 3550. The fraction of sp³-hybridized carbons (Fsp3) is 0.403. The molecule has 0 spiro atoms. The number of carboxylic acid groups (broad SMARTS) is 1. The van der Waals surface area contributed by atoms with E-state index in [-0.39, 0.29) is 101 Å². The summed E-state index contributed by atoms with van der Waals surface area (Å²) in [5, 5.41) is 36.8. The number of carbonyl (C=O) groups is 12. The van der Waals surface area contributed by atoms with Crippen LogP contribution in [0.2, 0.25) is 0 Å². The molecular formula is C62H82N20O13S. The van der Waals surface area contributed by atoms with Gasteiger partial charge in [-0.2, -0.15) is 11.8 Å². The van der Waals surface area contributed by atoms with Crippen LogP contribution < -0.4 is 81.8 Å². The number of guanidine groups is 2. The molecule has 0 bridgehead atoms. The van der Waals surface area contributed by atoms with Crippen LogP contribution in [0.5, 0.6) is 0 Å². The highest BCUT2D eigenvalue weighted by Crippen LogP contribution is 2.20. The zero-order valence-electron chi connectivity index (χ0n) is 52.4. The molecule has 1 aliphatic rings. The predicted molar refractivity (Wildman–Crippen MR) is 354 cm³/mol. The third-order valence-corrected chi connectivity index (χ3v) is 16.0. The maximum absolute atomic E-state index is 15.1. The van der Waals surface area contributed by atoms with Crippen LogP contribution in [-0.2, 0) is 83.2 Å². The Labute approximate surface area is 555 Å². The second kappa shape index (κ2) is 38.2. The molecule has 96 heavy (non-hydrogen) atoms. The molecule has 5 aromatic rings. The van der Waals surface area contributed by atoms with Crippen molar-refractivity contribution in [3.63, 3.8) is 0 Å². The zero-order valence-corrected chi connectivity index (χ0v) is 53.3. The van der Waals surface area contributed by atoms with Gasteiger partial charge >= 0.3 is 5.97 Å². The minimum absolute atomic E-state index is 0.0168. The number of rotatable bonds is 27. The van der Waals surface area contributed by atoms with Crippen molar-refractivity contribution in [2.45, 2.75) is 119 Å². The smallest absolute Gasteiger partial charge is 0.305 e. The Morgan fingerprint density at radius 1 is 0.625 bits per heavy atom. The Hall–Kier alpha value is -11.1. The van der Waals surface area contributed by atoms with Gasteiger partial charge in [0.05, 0.1) is 25.8 Å². The molecule has 8 atom stereocenters. The molecule has 1 fully saturated rings. The number of aromatic nitrogens is 3. The van der Waals surface area contributed by atoms with Gasteiger partial charge in [0, 0.05) is 79.9 Å². The number of carbonyl (C=O) groups excluding carboxylic acids is 11. The number of hydrogen-bond donors (Lipinski definition) is 18. The van der Waals surface area contributed by atoms with E-state index in [2.05, 4.69) is 78.1 Å². The number of thioether (sulfide) groups is 1. The molecule has 2 aromatic heterocycles. The number of aliphatic carboxylic acids is 1. The van der Waals surface area contributed by atoms with E-state index in [4.69, 9.17) is 28.7 Å². The monoisotopic (exact) mass is 1350 g/mol. The number of fused-ring (bicyclic) bond motifs is 1. The molecule has 3 heterocycles. The van der Waals surface area contributed by atoms with Crippen LogP contribution in [-0.4, -0.2) is 189 Å². The maximum Gasteiger partial charge on any atom is 0.305 e. The first-order chi connectivity index (χ1) is 46.0. The molecule has 1 saturated heterocycles. The van der Waals surface area contributed by atoms with Gasteiger partial charge in [0.1, 0.15) is 48.3 Å². The number of nitrogens with two attached hydrogens (primary N) is 5. The van der Waals surface area contributed by atoms with Crippen molar-refractivity contribution in [3.05, 3.63) is 126 Å². The standard InChI is InChI=1S/C62H82N20O13S/c63-49(83)31-73-53(88)43(24-35-12-3-1-4-13-35)78-54(89)41(18-9-21-69-61(64)65)77-59(94)47(28-52(86)87)81-60(95)48-33-96-23-11-20-50(84)72-32-51(85)75-46(27-38-30-68-34-74-38)58(93)79-44(25-36-14-5-2-6-15-36)56(91)76-42(19-10-22-70-62(66)67)55(90)80-45(57(92)82-48)26-37-29-71-40-17-8-7-16-39(37)40/h1-8,12-17,29-30,34,41-48,71H,9-11,18-28,31-33H2,(H2,63,83)(H,68,74)(H,72,84)(H,73,88)(H,75,85)(H,76,91)(H,77,94)(H,78,89)(H,79,93)(H,80,90)(H,81,95)(H,82,92)(H,86,87)(H4,64,65,69)(H4,66,67,70)/t41-,42-,43-,44+,45+,46-,47-,48-/m0/s1. The predicted octanol–water partition coefficient (Wildman–Crippen LogP) is -4.13. The summed E-state index contributed by atoms with van der Waals surface area (Å²) in [5.74, 6) is -12.2. The van der Waals surface area contributed by atoms with Gasteiger partial charge in [0.15, 0.2) is 11.9 Å². The van der Waals surface area contributed by atoms with E-state index < -0.39 is 139 Å². The summed E-state index contributed by atoms with van der Waals surface area (Å²) in [6.45, 7) is -1.22. The Balaban J connectivity index is 1.35. The summed E-state index contributed by atoms with van der Waals surface area (Å²) in [4.78, 5) is 185. The van der Waals surface area contributed by atoms with Crippen molar-refractivity contribution in [2.75, 3.05) is 37.7 Å². The summed E-state index contributed by atoms with van der Waals surface area (Å²) in [7, 11) is 0. The number of imidazole rings is 1. The lowest BCUT2D eigenvalue weighted by Crippen LogP contribution is -2.61. The quantitative estimate of drug-likeness (QED) is 0.0135. The number of benzene rings is 3. The van der Waals surface area contributed by atoms with Crippen molar-refractivity contribution < 1.29 is 62.6 Å². The van der Waals surface area contributed by atoms with Gasteiger partial charge < -0.3 is 96.9 Å². The first-order valence-electron chi connectivity index (χ1n) is 30.8. The lowest BCUT2D eigenvalue weighted by molar-refractivity contribution is -0.141. The molecule has 34 heteroatoms. The second-order valence-electron chi connectivity index (χ2n) is 22.4. The Morgan fingerprint density at radius 2 is 1.22 bits per heavy atom. The average Bonchev–Trinajstić information content (AvgIpc) is 1.59. The SMILES string of the molecule is NC(=O)CNC(=O)[C@H](Cc1ccccc1)NC(=O)[C@H](CCCN=C(N)N)NC(=O)[C@H](CC(=O)O)NC(=O)[C@@H]1CSCCCC(=O)NCC(=O)N[C@@H](Cc2cnc[nH]2)C(=O)N[C@H](Cc2ccccc2)C(=O)N[C@@H](CCCN=C(N)N)C(=O)N[C@H](Cc2c[nH]c3ccccc23)C(=O)N1. The molecule has 514 valence electrons. The van der Waals surface area contributed by atoms with Crippen molar-refractivity contribution in [3.8, 4) is 0 Å². The maximum atomic E-state index is 15.1. The molecule has 11 amide bonds. The van der Waals surface area contributed by atoms with Crippen molar-refractivity contribution in [1.29, 1.82) is 0 Å². The van der Waals surface area contributed by atoms with Crippen molar-refractivity contribution in [1.82, 2.24) is 68.1 Å². The lowest BCUT2D eigenvalue weighted by Gasteiger charge is -2.28. The number of carboxylic acids is 1. The molecular weight excluding hydrogens is 1260 g/mol. The topological polar surface area (TPSA) is 545 Å².